The number of pyridine rings is 1. The monoisotopic (exact) mass is 339 g/mol. The molecule has 0 bridgehead atoms. The van der Waals surface area contributed by atoms with Crippen molar-refractivity contribution >= 4 is 11.7 Å². The Labute approximate surface area is 149 Å². The molecule has 0 radical (unpaired) electrons. The average Bonchev–Trinajstić information content (AvgIpc) is 3.44. The highest BCUT2D eigenvalue weighted by atomic mass is 16.1. The van der Waals surface area contributed by atoms with Crippen molar-refractivity contribution in [2.75, 3.05) is 18.0 Å². The molecule has 0 spiro atoms. The van der Waals surface area contributed by atoms with Gasteiger partial charge in [0.05, 0.1) is 0 Å². The molecule has 132 valence electrons. The Bertz CT molecular complexity index is 667. The van der Waals surface area contributed by atoms with E-state index in [0.717, 1.165) is 30.9 Å². The van der Waals surface area contributed by atoms with Crippen molar-refractivity contribution in [1.29, 1.82) is 0 Å². The van der Waals surface area contributed by atoms with Gasteiger partial charge in [0.15, 0.2) is 5.66 Å². The third-order valence-electron chi connectivity index (χ3n) is 4.78. The Balaban J connectivity index is 1.43. The van der Waals surface area contributed by atoms with Gasteiger partial charge >= 0.3 is 0 Å². The number of carbonyl (C=O) groups excluding carboxylic acids is 1. The maximum atomic E-state index is 12.1. The van der Waals surface area contributed by atoms with Gasteiger partial charge in [-0.05, 0) is 37.0 Å². The van der Waals surface area contributed by atoms with Gasteiger partial charge < -0.3 is 10.2 Å². The van der Waals surface area contributed by atoms with E-state index < -0.39 is 0 Å². The van der Waals surface area contributed by atoms with Gasteiger partial charge in [-0.2, -0.15) is 10.2 Å². The Kier molecular flexibility index (Phi) is 5.64. The summed E-state index contributed by atoms with van der Waals surface area (Å²) in [5.41, 5.74) is 0.689. The summed E-state index contributed by atoms with van der Waals surface area (Å²) in [4.78, 5) is 18.9. The molecule has 6 nitrogen and oxygen atoms in total. The predicted molar refractivity (Wildman–Crippen MR) is 97.0 cm³/mol. The lowest BCUT2D eigenvalue weighted by atomic mass is 10.0. The molecular formula is C19H25N5O. The minimum absolute atomic E-state index is 0.0220. The number of carbonyl (C=O) groups is 1. The number of nitrogens with one attached hydrogen (secondary N) is 1. The summed E-state index contributed by atoms with van der Waals surface area (Å²) in [6.45, 7) is 2.65. The van der Waals surface area contributed by atoms with Crippen LogP contribution in [0.15, 0.2) is 28.6 Å². The largest absolute Gasteiger partial charge is 0.357 e. The van der Waals surface area contributed by atoms with Crippen molar-refractivity contribution in [1.82, 2.24) is 10.3 Å². The number of anilines is 1. The third kappa shape index (κ3) is 5.02. The van der Waals surface area contributed by atoms with Gasteiger partial charge in [-0.25, -0.2) is 4.98 Å². The molecule has 1 saturated heterocycles. The number of hydrogen-bond acceptors (Lipinski definition) is 5. The fraction of sp³-hybridized carbons (Fsp3) is 0.579. The highest BCUT2D eigenvalue weighted by molar-refractivity contribution is 5.76. The third-order valence-corrected chi connectivity index (χ3v) is 4.78. The SMILES string of the molecule is C#CCCC1(CCC(=O)NCc2ccnc(N3CCCCC3)c2)N=N1. The lowest BCUT2D eigenvalue weighted by Crippen LogP contribution is -2.30. The molecule has 6 heteroatoms. The number of amides is 1. The summed E-state index contributed by atoms with van der Waals surface area (Å²) in [5, 5.41) is 11.1. The van der Waals surface area contributed by atoms with E-state index in [1.54, 1.807) is 0 Å². The molecule has 0 atom stereocenters. The summed E-state index contributed by atoms with van der Waals surface area (Å²) in [6, 6.07) is 4.03. The van der Waals surface area contributed by atoms with E-state index in [9.17, 15) is 4.79 Å². The van der Waals surface area contributed by atoms with Crippen LogP contribution in [-0.4, -0.2) is 29.6 Å². The van der Waals surface area contributed by atoms with Crippen LogP contribution in [0.2, 0.25) is 0 Å². The second kappa shape index (κ2) is 8.11. The Morgan fingerprint density at radius 3 is 2.80 bits per heavy atom. The zero-order chi connectivity index (χ0) is 17.5. The van der Waals surface area contributed by atoms with Crippen LogP contribution >= 0.6 is 0 Å². The van der Waals surface area contributed by atoms with Gasteiger partial charge in [0.25, 0.3) is 0 Å². The molecule has 1 fully saturated rings. The zero-order valence-corrected chi connectivity index (χ0v) is 14.6. The van der Waals surface area contributed by atoms with Crippen molar-refractivity contribution in [2.24, 2.45) is 10.2 Å². The second-order valence-electron chi connectivity index (χ2n) is 6.73. The van der Waals surface area contributed by atoms with Crippen molar-refractivity contribution in [3.63, 3.8) is 0 Å². The van der Waals surface area contributed by atoms with Gasteiger partial charge in [-0.15, -0.1) is 12.3 Å². The first-order valence-corrected chi connectivity index (χ1v) is 9.05. The first-order chi connectivity index (χ1) is 12.2. The van der Waals surface area contributed by atoms with Gasteiger partial charge in [0.1, 0.15) is 5.82 Å². The molecule has 1 aromatic rings. The molecule has 25 heavy (non-hydrogen) atoms. The van der Waals surface area contributed by atoms with Crippen LogP contribution in [0.1, 0.15) is 50.5 Å². The topological polar surface area (TPSA) is 70.0 Å². The fourth-order valence-electron chi connectivity index (χ4n) is 3.14. The smallest absolute Gasteiger partial charge is 0.220 e. The zero-order valence-electron chi connectivity index (χ0n) is 14.6. The number of hydrogen-bond donors (Lipinski definition) is 1. The Morgan fingerprint density at radius 2 is 2.08 bits per heavy atom. The highest BCUT2D eigenvalue weighted by Crippen LogP contribution is 2.37. The molecule has 1 N–H and O–H groups in total. The van der Waals surface area contributed by atoms with Gasteiger partial charge in [0, 0.05) is 51.5 Å². The van der Waals surface area contributed by atoms with Gasteiger partial charge in [0.2, 0.25) is 5.91 Å². The number of rotatable bonds is 8. The molecule has 0 aromatic carbocycles. The van der Waals surface area contributed by atoms with Gasteiger partial charge in [-0.1, -0.05) is 0 Å². The quantitative estimate of drug-likeness (QED) is 0.740. The van der Waals surface area contributed by atoms with E-state index >= 15 is 0 Å². The van der Waals surface area contributed by atoms with Crippen LogP contribution in [0.5, 0.6) is 0 Å². The van der Waals surface area contributed by atoms with Crippen molar-refractivity contribution < 1.29 is 4.79 Å². The number of nitrogens with zero attached hydrogens (tertiary/aromatic N) is 4. The second-order valence-corrected chi connectivity index (χ2v) is 6.73. The summed E-state index contributed by atoms with van der Waals surface area (Å²) < 4.78 is 0. The molecule has 0 aliphatic carbocycles. The Hall–Kier alpha value is -2.42. The maximum absolute atomic E-state index is 12.1. The predicted octanol–water partition coefficient (Wildman–Crippen LogP) is 3.04. The number of piperidine rings is 1. The molecular weight excluding hydrogens is 314 g/mol. The van der Waals surface area contributed by atoms with E-state index in [4.69, 9.17) is 6.42 Å². The summed E-state index contributed by atoms with van der Waals surface area (Å²) in [6.07, 6.45) is 13.3. The standard InChI is InChI=1S/C19H25N5O/c1-2-3-9-19(22-23-19)10-7-18(25)21-15-16-8-11-20-17(14-16)24-12-5-4-6-13-24/h1,8,11,14H,3-7,9-10,12-13,15H2,(H,21,25). The van der Waals surface area contributed by atoms with Crippen molar-refractivity contribution in [3.05, 3.63) is 23.9 Å². The lowest BCUT2D eigenvalue weighted by Gasteiger charge is -2.27. The van der Waals surface area contributed by atoms with Crippen LogP contribution in [0.4, 0.5) is 5.82 Å². The van der Waals surface area contributed by atoms with Crippen LogP contribution in [0.3, 0.4) is 0 Å². The molecule has 2 aliphatic heterocycles. The van der Waals surface area contributed by atoms with E-state index in [0.29, 0.717) is 25.8 Å². The average molecular weight is 339 g/mol. The number of aromatic nitrogens is 1. The van der Waals surface area contributed by atoms with Crippen LogP contribution in [-0.2, 0) is 11.3 Å². The molecule has 3 rings (SSSR count). The molecule has 3 heterocycles. The normalized spacial score (nSPS) is 17.8. The van der Waals surface area contributed by atoms with E-state index in [-0.39, 0.29) is 11.6 Å². The maximum Gasteiger partial charge on any atom is 0.220 e. The van der Waals surface area contributed by atoms with E-state index in [2.05, 4.69) is 37.4 Å². The summed E-state index contributed by atoms with van der Waals surface area (Å²) in [5.74, 6) is 3.63. The first-order valence-electron chi connectivity index (χ1n) is 9.05. The van der Waals surface area contributed by atoms with Crippen LogP contribution in [0, 0.1) is 12.3 Å². The number of terminal acetylenes is 1. The summed E-state index contributed by atoms with van der Waals surface area (Å²) >= 11 is 0. The Morgan fingerprint density at radius 1 is 1.28 bits per heavy atom. The van der Waals surface area contributed by atoms with Crippen LogP contribution in [0.25, 0.3) is 0 Å². The summed E-state index contributed by atoms with van der Waals surface area (Å²) in [7, 11) is 0. The fourth-order valence-corrected chi connectivity index (χ4v) is 3.14. The van der Waals surface area contributed by atoms with E-state index in [1.165, 1.54) is 19.3 Å². The molecule has 1 aromatic heterocycles. The molecule has 2 aliphatic rings. The minimum atomic E-state index is -0.387. The lowest BCUT2D eigenvalue weighted by molar-refractivity contribution is -0.121. The van der Waals surface area contributed by atoms with E-state index in [1.807, 2.05) is 12.3 Å². The van der Waals surface area contributed by atoms with Gasteiger partial charge in [-0.3, -0.25) is 4.79 Å². The first kappa shape index (κ1) is 17.4. The molecule has 0 saturated carbocycles. The van der Waals surface area contributed by atoms with Crippen molar-refractivity contribution in [3.8, 4) is 12.3 Å². The van der Waals surface area contributed by atoms with Crippen LogP contribution < -0.4 is 10.2 Å². The minimum Gasteiger partial charge on any atom is -0.357 e. The molecule has 0 unspecified atom stereocenters. The highest BCUT2D eigenvalue weighted by Gasteiger charge is 2.39. The molecule has 1 amide bonds. The van der Waals surface area contributed by atoms with Crippen molar-refractivity contribution in [2.45, 2.75) is 57.2 Å².